The number of hydrogen-bond acceptors (Lipinski definition) is 7. The third-order valence-electron chi connectivity index (χ3n) is 11.1. The zero-order chi connectivity index (χ0) is 42.1. The second-order valence-corrected chi connectivity index (χ2v) is 19.0. The Hall–Kier alpha value is -7.15. The number of hydrogen-bond donors (Lipinski definition) is 0. The van der Waals surface area contributed by atoms with Crippen molar-refractivity contribution in [1.82, 2.24) is 0 Å². The van der Waals surface area contributed by atoms with E-state index in [9.17, 15) is 0 Å². The minimum absolute atomic E-state index is 0.515. The molecule has 8 aromatic carbocycles. The molecular weight excluding hydrogens is 778 g/mol. The van der Waals surface area contributed by atoms with Crippen LogP contribution in [-0.2, 0) is 0 Å². The molecule has 0 bridgehead atoms. The van der Waals surface area contributed by atoms with Gasteiger partial charge in [0, 0.05) is 0 Å². The summed E-state index contributed by atoms with van der Waals surface area (Å²) in [5.74, 6) is 4.39. The molecule has 0 atom stereocenters. The fourth-order valence-electron chi connectivity index (χ4n) is 8.26. The van der Waals surface area contributed by atoms with Gasteiger partial charge in [0.25, 0.3) is 0 Å². The molecule has 0 saturated carbocycles. The van der Waals surface area contributed by atoms with Crippen LogP contribution in [0.25, 0.3) is 11.1 Å². The second kappa shape index (κ2) is 18.0. The quantitative estimate of drug-likeness (QED) is 0.0711. The molecule has 9 heteroatoms. The normalized spacial score (nSPS) is 11.6. The maximum atomic E-state index is 6.91. The molecule has 61 heavy (non-hydrogen) atoms. The number of benzene rings is 8. The van der Waals surface area contributed by atoms with Crippen molar-refractivity contribution in [2.75, 3.05) is 28.4 Å². The first-order valence-corrected chi connectivity index (χ1v) is 22.1. The molecule has 0 N–H and O–H groups in total. The van der Waals surface area contributed by atoms with Crippen molar-refractivity contribution in [3.8, 4) is 51.4 Å². The summed E-state index contributed by atoms with van der Waals surface area (Å²) in [4.78, 5) is 0. The van der Waals surface area contributed by atoms with Crippen molar-refractivity contribution in [2.45, 2.75) is 0 Å². The van der Waals surface area contributed by atoms with Crippen molar-refractivity contribution in [1.29, 1.82) is 0 Å². The molecule has 0 radical (unpaired) electrons. The van der Waals surface area contributed by atoms with Gasteiger partial charge < -0.3 is 0 Å². The van der Waals surface area contributed by atoms with Crippen molar-refractivity contribution < 1.29 is 32.9 Å². The minimum atomic E-state index is -4.02. The molecule has 0 heterocycles. The SMILES string of the molecule is COc1ccc(OB(Oc2ccc(OC)cc2)Oc2ccc(OC)cc2-c2ccccc2P(c2ccccc2)(c2ccccc2)(c2ccccc2)c2ccc(OC)cc2)cc1. The van der Waals surface area contributed by atoms with Crippen LogP contribution in [0.3, 0.4) is 0 Å². The summed E-state index contributed by atoms with van der Waals surface area (Å²) >= 11 is 0. The Morgan fingerprint density at radius 2 is 0.672 bits per heavy atom. The van der Waals surface area contributed by atoms with Gasteiger partial charge in [-0.15, -0.1) is 0 Å². The molecule has 0 saturated heterocycles. The van der Waals surface area contributed by atoms with E-state index in [0.29, 0.717) is 34.5 Å². The zero-order valence-corrected chi connectivity index (χ0v) is 35.4. The molecule has 0 amide bonds. The Kier molecular flexibility index (Phi) is 12.0. The van der Waals surface area contributed by atoms with E-state index in [1.54, 1.807) is 28.4 Å². The van der Waals surface area contributed by atoms with E-state index in [4.69, 9.17) is 32.9 Å². The Balaban J connectivity index is 1.42. The van der Waals surface area contributed by atoms with Gasteiger partial charge in [-0.2, -0.15) is 0 Å². The number of ether oxygens (including phenoxy) is 4. The molecule has 0 unspecified atom stereocenters. The van der Waals surface area contributed by atoms with Crippen LogP contribution in [0.2, 0.25) is 0 Å². The summed E-state index contributed by atoms with van der Waals surface area (Å²) in [5, 5.41) is 5.73. The molecular formula is C52H46BO7P. The van der Waals surface area contributed by atoms with E-state index < -0.39 is 13.9 Å². The van der Waals surface area contributed by atoms with Crippen LogP contribution in [0.15, 0.2) is 206 Å². The van der Waals surface area contributed by atoms with E-state index in [2.05, 4.69) is 140 Å². The van der Waals surface area contributed by atoms with Gasteiger partial charge in [0.2, 0.25) is 0 Å². The molecule has 8 rings (SSSR count). The molecule has 0 aromatic heterocycles. The third-order valence-corrected chi connectivity index (χ3v) is 17.8. The molecule has 0 aliphatic heterocycles. The molecule has 0 aliphatic rings. The van der Waals surface area contributed by atoms with Crippen molar-refractivity contribution in [3.05, 3.63) is 206 Å². The summed E-state index contributed by atoms with van der Waals surface area (Å²) in [6.07, 6.45) is 0. The van der Waals surface area contributed by atoms with Crippen LogP contribution in [0, 0.1) is 0 Å². The van der Waals surface area contributed by atoms with Crippen LogP contribution in [0.5, 0.6) is 40.2 Å². The Labute approximate surface area is 358 Å². The van der Waals surface area contributed by atoms with Gasteiger partial charge in [-0.05, 0) is 0 Å². The Morgan fingerprint density at radius 1 is 0.311 bits per heavy atom. The van der Waals surface area contributed by atoms with E-state index in [1.807, 2.05) is 66.7 Å². The number of rotatable bonds is 16. The van der Waals surface area contributed by atoms with Gasteiger partial charge in [-0.1, -0.05) is 0 Å². The van der Waals surface area contributed by atoms with E-state index in [0.717, 1.165) is 43.4 Å². The summed E-state index contributed by atoms with van der Waals surface area (Å²) in [5.41, 5.74) is 1.72. The van der Waals surface area contributed by atoms with Gasteiger partial charge in [0.15, 0.2) is 0 Å². The van der Waals surface area contributed by atoms with Crippen molar-refractivity contribution in [3.63, 3.8) is 0 Å². The maximum absolute atomic E-state index is 6.91. The average molecular weight is 825 g/mol. The summed E-state index contributed by atoms with van der Waals surface area (Å²) in [7, 11) is 5.39. The molecule has 304 valence electrons. The van der Waals surface area contributed by atoms with Crippen LogP contribution in [-0.4, -0.2) is 35.8 Å². The van der Waals surface area contributed by atoms with Crippen molar-refractivity contribution >= 4 is 40.4 Å². The standard InChI is InChI=1S/C52H46BO7P/c1-54-39-24-28-42(29-25-39)58-53(59-43-30-26-40(55-2)27-31-43)60-51-37-34-44(57-4)38-50(51)49-22-14-15-23-52(49)61(45-16-8-5-9-17-45,46-18-10-6-11-19-46,47-20-12-7-13-21-47)48-35-32-41(56-3)33-36-48/h5-38H,1-4H3. The third kappa shape index (κ3) is 7.52. The molecule has 0 aliphatic carbocycles. The molecule has 0 fully saturated rings. The summed E-state index contributed by atoms with van der Waals surface area (Å²) in [6, 6.07) is 70.2. The van der Waals surface area contributed by atoms with Crippen LogP contribution >= 0.6 is 6.60 Å². The van der Waals surface area contributed by atoms with E-state index >= 15 is 0 Å². The van der Waals surface area contributed by atoms with Gasteiger partial charge in [0.1, 0.15) is 0 Å². The van der Waals surface area contributed by atoms with Gasteiger partial charge >= 0.3 is 345 Å². The number of methoxy groups -OCH3 is 4. The Morgan fingerprint density at radius 3 is 1.11 bits per heavy atom. The topological polar surface area (TPSA) is 64.6 Å². The molecule has 7 nitrogen and oxygen atoms in total. The van der Waals surface area contributed by atoms with Gasteiger partial charge in [-0.25, -0.2) is 0 Å². The predicted octanol–water partition coefficient (Wildman–Crippen LogP) is 9.39. The fourth-order valence-corrected chi connectivity index (χ4v) is 15.3. The summed E-state index contributed by atoms with van der Waals surface area (Å²) < 4.78 is 42.4. The Bertz CT molecular complexity index is 2510. The second-order valence-electron chi connectivity index (χ2n) is 14.2. The van der Waals surface area contributed by atoms with E-state index in [1.165, 1.54) is 0 Å². The predicted molar refractivity (Wildman–Crippen MR) is 249 cm³/mol. The van der Waals surface area contributed by atoms with Crippen molar-refractivity contribution in [2.24, 2.45) is 0 Å². The molecule has 0 spiro atoms. The summed E-state index contributed by atoms with van der Waals surface area (Å²) in [6.45, 7) is -4.02. The van der Waals surface area contributed by atoms with Gasteiger partial charge in [-0.3, -0.25) is 0 Å². The van der Waals surface area contributed by atoms with Crippen LogP contribution in [0.4, 0.5) is 0 Å². The first-order valence-electron chi connectivity index (χ1n) is 19.9. The zero-order valence-electron chi connectivity index (χ0n) is 34.5. The monoisotopic (exact) mass is 824 g/mol. The first-order chi connectivity index (χ1) is 30.0. The fraction of sp³-hybridized carbons (Fsp3) is 0.0769. The first kappa shape index (κ1) is 40.6. The van der Waals surface area contributed by atoms with Gasteiger partial charge in [0.05, 0.1) is 14.2 Å². The average Bonchev–Trinajstić information content (AvgIpc) is 3.34. The van der Waals surface area contributed by atoms with Crippen LogP contribution < -0.4 is 59.4 Å². The molecule has 8 aromatic rings. The van der Waals surface area contributed by atoms with E-state index in [-0.39, 0.29) is 0 Å². The van der Waals surface area contributed by atoms with Crippen LogP contribution in [0.1, 0.15) is 0 Å².